The summed E-state index contributed by atoms with van der Waals surface area (Å²) in [7, 11) is 0. The van der Waals surface area contributed by atoms with E-state index in [1.165, 1.54) is 19.3 Å². The van der Waals surface area contributed by atoms with E-state index < -0.39 is 0 Å². The number of aryl methyl sites for hydroxylation is 2. The number of rotatable bonds is 5. The fourth-order valence-electron chi connectivity index (χ4n) is 2.85. The zero-order chi connectivity index (χ0) is 14.5. The number of nitrogens with one attached hydrogen (secondary N) is 1. The molecule has 5 nitrogen and oxygen atoms in total. The van der Waals surface area contributed by atoms with Crippen LogP contribution < -0.4 is 5.32 Å². The molecule has 0 aliphatic carbocycles. The fourth-order valence-corrected chi connectivity index (χ4v) is 2.85. The van der Waals surface area contributed by atoms with E-state index in [-0.39, 0.29) is 0 Å². The smallest absolute Gasteiger partial charge is 0.227 e. The Kier molecular flexibility index (Phi) is 4.60. The van der Waals surface area contributed by atoms with Crippen molar-refractivity contribution >= 4 is 0 Å². The van der Waals surface area contributed by atoms with E-state index in [4.69, 9.17) is 4.52 Å². The topological polar surface area (TPSA) is 63.8 Å². The standard InChI is InChI=1S/C16H22N4O/c1-2-12-6-5-11-18-15(12)16-19-14(21-20-16)9-8-13-7-3-4-10-17-13/h5-6,11,13,17H,2-4,7-10H2,1H3. The van der Waals surface area contributed by atoms with Gasteiger partial charge in [0, 0.05) is 18.7 Å². The maximum Gasteiger partial charge on any atom is 0.227 e. The van der Waals surface area contributed by atoms with E-state index in [2.05, 4.69) is 33.4 Å². The SMILES string of the molecule is CCc1cccnc1-c1noc(CCC2CCCCN2)n1. The molecule has 21 heavy (non-hydrogen) atoms. The van der Waals surface area contributed by atoms with Gasteiger partial charge in [-0.3, -0.25) is 4.98 Å². The van der Waals surface area contributed by atoms with Crippen molar-refractivity contribution in [1.29, 1.82) is 0 Å². The van der Waals surface area contributed by atoms with Crippen molar-refractivity contribution in [2.24, 2.45) is 0 Å². The summed E-state index contributed by atoms with van der Waals surface area (Å²) >= 11 is 0. The van der Waals surface area contributed by atoms with Crippen molar-refractivity contribution in [2.75, 3.05) is 6.54 Å². The number of hydrogen-bond acceptors (Lipinski definition) is 5. The molecule has 1 aliphatic heterocycles. The first-order chi connectivity index (χ1) is 10.4. The van der Waals surface area contributed by atoms with Gasteiger partial charge in [-0.25, -0.2) is 0 Å². The summed E-state index contributed by atoms with van der Waals surface area (Å²) in [6, 6.07) is 4.60. The third-order valence-corrected chi connectivity index (χ3v) is 4.07. The van der Waals surface area contributed by atoms with Gasteiger partial charge in [0.05, 0.1) is 0 Å². The predicted octanol–water partition coefficient (Wildman–Crippen LogP) is 2.77. The summed E-state index contributed by atoms with van der Waals surface area (Å²) in [6.45, 7) is 3.24. The molecule has 3 heterocycles. The Labute approximate surface area is 125 Å². The number of piperidine rings is 1. The second kappa shape index (κ2) is 6.80. The minimum absolute atomic E-state index is 0.593. The largest absolute Gasteiger partial charge is 0.339 e. The van der Waals surface area contributed by atoms with E-state index in [9.17, 15) is 0 Å². The van der Waals surface area contributed by atoms with Crippen molar-refractivity contribution in [1.82, 2.24) is 20.4 Å². The molecule has 5 heteroatoms. The molecule has 1 aliphatic rings. The molecular formula is C16H22N4O. The predicted molar refractivity (Wildman–Crippen MR) is 80.9 cm³/mol. The number of pyridine rings is 1. The van der Waals surface area contributed by atoms with Gasteiger partial charge < -0.3 is 9.84 Å². The zero-order valence-corrected chi connectivity index (χ0v) is 12.5. The first-order valence-electron chi connectivity index (χ1n) is 7.87. The molecule has 1 N–H and O–H groups in total. The van der Waals surface area contributed by atoms with Crippen LogP contribution in [0.25, 0.3) is 11.5 Å². The molecule has 1 unspecified atom stereocenters. The van der Waals surface area contributed by atoms with Gasteiger partial charge in [-0.15, -0.1) is 0 Å². The van der Waals surface area contributed by atoms with Crippen molar-refractivity contribution in [3.05, 3.63) is 29.8 Å². The summed E-state index contributed by atoms with van der Waals surface area (Å²) < 4.78 is 5.38. The van der Waals surface area contributed by atoms with Gasteiger partial charge in [0.1, 0.15) is 5.69 Å². The van der Waals surface area contributed by atoms with Crippen LogP contribution in [0.3, 0.4) is 0 Å². The molecular weight excluding hydrogens is 264 g/mol. The van der Waals surface area contributed by atoms with Crippen LogP contribution in [-0.2, 0) is 12.8 Å². The second-order valence-electron chi connectivity index (χ2n) is 5.56. The van der Waals surface area contributed by atoms with Gasteiger partial charge in [0.15, 0.2) is 0 Å². The van der Waals surface area contributed by atoms with Gasteiger partial charge in [0.25, 0.3) is 0 Å². The van der Waals surface area contributed by atoms with Crippen LogP contribution in [0.5, 0.6) is 0 Å². The summed E-state index contributed by atoms with van der Waals surface area (Å²) in [6.07, 6.45) is 8.45. The zero-order valence-electron chi connectivity index (χ0n) is 12.5. The summed E-state index contributed by atoms with van der Waals surface area (Å²) in [5.74, 6) is 1.32. The highest BCUT2D eigenvalue weighted by Crippen LogP contribution is 2.19. The molecule has 0 radical (unpaired) electrons. The maximum absolute atomic E-state index is 5.38. The monoisotopic (exact) mass is 286 g/mol. The van der Waals surface area contributed by atoms with Gasteiger partial charge in [-0.1, -0.05) is 24.6 Å². The van der Waals surface area contributed by atoms with Gasteiger partial charge >= 0.3 is 0 Å². The van der Waals surface area contributed by atoms with Crippen LogP contribution >= 0.6 is 0 Å². The lowest BCUT2D eigenvalue weighted by Crippen LogP contribution is -2.34. The first kappa shape index (κ1) is 14.2. The normalized spacial score (nSPS) is 18.8. The lowest BCUT2D eigenvalue weighted by molar-refractivity contribution is 0.342. The highest BCUT2D eigenvalue weighted by molar-refractivity contribution is 5.53. The molecule has 0 saturated carbocycles. The minimum Gasteiger partial charge on any atom is -0.339 e. The molecule has 1 saturated heterocycles. The molecule has 0 bridgehead atoms. The third kappa shape index (κ3) is 3.47. The Balaban J connectivity index is 1.65. The van der Waals surface area contributed by atoms with Crippen molar-refractivity contribution in [3.63, 3.8) is 0 Å². The maximum atomic E-state index is 5.38. The lowest BCUT2D eigenvalue weighted by Gasteiger charge is -2.22. The summed E-state index contributed by atoms with van der Waals surface area (Å²) in [4.78, 5) is 8.89. The van der Waals surface area contributed by atoms with E-state index in [1.807, 2.05) is 6.07 Å². The molecule has 2 aromatic heterocycles. The van der Waals surface area contributed by atoms with Gasteiger partial charge in [0.2, 0.25) is 11.7 Å². The quantitative estimate of drug-likeness (QED) is 0.915. The van der Waals surface area contributed by atoms with E-state index in [1.54, 1.807) is 6.20 Å². The second-order valence-corrected chi connectivity index (χ2v) is 5.56. The van der Waals surface area contributed by atoms with E-state index >= 15 is 0 Å². The Hall–Kier alpha value is -1.75. The number of hydrogen-bond donors (Lipinski definition) is 1. The average molecular weight is 286 g/mol. The van der Waals surface area contributed by atoms with E-state index in [0.29, 0.717) is 17.8 Å². The molecule has 3 rings (SSSR count). The van der Waals surface area contributed by atoms with Crippen LogP contribution in [0, 0.1) is 0 Å². The van der Waals surface area contributed by atoms with Crippen LogP contribution in [0.15, 0.2) is 22.9 Å². The molecule has 2 aromatic rings. The molecule has 1 fully saturated rings. The number of aromatic nitrogens is 3. The fraction of sp³-hybridized carbons (Fsp3) is 0.562. The van der Waals surface area contributed by atoms with Crippen molar-refractivity contribution < 1.29 is 4.52 Å². The van der Waals surface area contributed by atoms with Crippen LogP contribution in [0.1, 0.15) is 44.1 Å². The van der Waals surface area contributed by atoms with Gasteiger partial charge in [-0.2, -0.15) is 4.98 Å². The lowest BCUT2D eigenvalue weighted by atomic mass is 10.0. The molecule has 0 aromatic carbocycles. The highest BCUT2D eigenvalue weighted by atomic mass is 16.5. The first-order valence-corrected chi connectivity index (χ1v) is 7.87. The molecule has 0 spiro atoms. The highest BCUT2D eigenvalue weighted by Gasteiger charge is 2.16. The van der Waals surface area contributed by atoms with Crippen LogP contribution in [0.2, 0.25) is 0 Å². The molecule has 1 atom stereocenters. The minimum atomic E-state index is 0.593. The summed E-state index contributed by atoms with van der Waals surface area (Å²) in [5.41, 5.74) is 1.99. The Morgan fingerprint density at radius 1 is 1.38 bits per heavy atom. The summed E-state index contributed by atoms with van der Waals surface area (Å²) in [5, 5.41) is 7.63. The molecule has 0 amide bonds. The van der Waals surface area contributed by atoms with Crippen molar-refractivity contribution in [2.45, 2.75) is 51.5 Å². The van der Waals surface area contributed by atoms with Crippen LogP contribution in [-0.4, -0.2) is 27.7 Å². The van der Waals surface area contributed by atoms with Crippen molar-refractivity contribution in [3.8, 4) is 11.5 Å². The van der Waals surface area contributed by atoms with Gasteiger partial charge in [-0.05, 0) is 43.9 Å². The Morgan fingerprint density at radius 2 is 2.33 bits per heavy atom. The third-order valence-electron chi connectivity index (χ3n) is 4.07. The average Bonchev–Trinajstić information content (AvgIpc) is 3.02. The number of nitrogens with zero attached hydrogens (tertiary/aromatic N) is 3. The molecule has 112 valence electrons. The Bertz CT molecular complexity index is 575. The van der Waals surface area contributed by atoms with E-state index in [0.717, 1.165) is 37.1 Å². The Morgan fingerprint density at radius 3 is 3.14 bits per heavy atom. The van der Waals surface area contributed by atoms with Crippen LogP contribution in [0.4, 0.5) is 0 Å².